The molecule has 2 aliphatic rings. The molecule has 0 bridgehead atoms. The van der Waals surface area contributed by atoms with E-state index in [1.807, 2.05) is 0 Å². The van der Waals surface area contributed by atoms with Gasteiger partial charge < -0.3 is 15.8 Å². The fourth-order valence-corrected chi connectivity index (χ4v) is 2.67. The number of rotatable bonds is 3. The van der Waals surface area contributed by atoms with Gasteiger partial charge >= 0.3 is 5.97 Å². The minimum absolute atomic E-state index is 0.256. The summed E-state index contributed by atoms with van der Waals surface area (Å²) in [6.45, 7) is 0.837. The summed E-state index contributed by atoms with van der Waals surface area (Å²) in [6, 6.07) is -0.256. The Morgan fingerprint density at radius 1 is 1.18 bits per heavy atom. The Morgan fingerprint density at radius 3 is 2.41 bits per heavy atom. The smallest absolute Gasteiger partial charge is 0.324 e. The first-order valence-corrected chi connectivity index (χ1v) is 6.40. The third kappa shape index (κ3) is 2.60. The number of carbonyl (C=O) groups is 2. The molecular formula is C12H20N2O3. The summed E-state index contributed by atoms with van der Waals surface area (Å²) >= 11 is 0. The zero-order valence-corrected chi connectivity index (χ0v) is 10.0. The molecule has 1 unspecified atom stereocenters. The molecule has 2 rings (SSSR count). The van der Waals surface area contributed by atoms with Crippen molar-refractivity contribution in [3.05, 3.63) is 0 Å². The van der Waals surface area contributed by atoms with E-state index in [0.29, 0.717) is 12.8 Å². The van der Waals surface area contributed by atoms with Crippen LogP contribution in [0.15, 0.2) is 0 Å². The van der Waals surface area contributed by atoms with E-state index in [-0.39, 0.29) is 12.0 Å². The predicted molar refractivity (Wildman–Crippen MR) is 62.1 cm³/mol. The van der Waals surface area contributed by atoms with Gasteiger partial charge in [-0.15, -0.1) is 0 Å². The molecule has 3 N–H and O–H groups in total. The van der Waals surface area contributed by atoms with Gasteiger partial charge in [-0.25, -0.2) is 0 Å². The van der Waals surface area contributed by atoms with Gasteiger partial charge in [-0.3, -0.25) is 9.59 Å². The summed E-state index contributed by atoms with van der Waals surface area (Å²) in [5.41, 5.74) is 4.37. The number of ether oxygens (including phenoxy) is 1. The van der Waals surface area contributed by atoms with Crippen molar-refractivity contribution in [1.29, 1.82) is 0 Å². The largest absolute Gasteiger partial charge is 0.448 e. The molecule has 5 nitrogen and oxygen atoms in total. The van der Waals surface area contributed by atoms with Crippen LogP contribution in [0, 0.1) is 0 Å². The van der Waals surface area contributed by atoms with Crippen LogP contribution in [0.3, 0.4) is 0 Å². The Labute approximate surface area is 101 Å². The highest BCUT2D eigenvalue weighted by Gasteiger charge is 2.43. The molecule has 0 aromatic carbocycles. The van der Waals surface area contributed by atoms with Crippen LogP contribution in [0.4, 0.5) is 0 Å². The molecular weight excluding hydrogens is 220 g/mol. The Hall–Kier alpha value is -1.10. The van der Waals surface area contributed by atoms with Crippen LogP contribution in [0.2, 0.25) is 0 Å². The maximum Gasteiger partial charge on any atom is 0.324 e. The number of primary amides is 1. The SMILES string of the molecule is NC(=O)C1(OC(=O)C2CCCN2)CCCCC1. The Bertz CT molecular complexity index is 305. The van der Waals surface area contributed by atoms with Crippen LogP contribution in [0.5, 0.6) is 0 Å². The number of hydrogen-bond acceptors (Lipinski definition) is 4. The standard InChI is InChI=1S/C12H20N2O3/c13-11(16)12(6-2-1-3-7-12)17-10(15)9-5-4-8-14-9/h9,14H,1-8H2,(H2,13,16). The molecule has 1 saturated heterocycles. The van der Waals surface area contributed by atoms with Crippen LogP contribution < -0.4 is 11.1 Å². The van der Waals surface area contributed by atoms with Crippen molar-refractivity contribution in [2.45, 2.75) is 56.6 Å². The fourth-order valence-electron chi connectivity index (χ4n) is 2.67. The highest BCUT2D eigenvalue weighted by atomic mass is 16.6. The summed E-state index contributed by atoms with van der Waals surface area (Å²) < 4.78 is 5.45. The fraction of sp³-hybridized carbons (Fsp3) is 0.833. The molecule has 1 heterocycles. The number of nitrogens with two attached hydrogens (primary N) is 1. The first kappa shape index (κ1) is 12.4. The normalized spacial score (nSPS) is 27.6. The van der Waals surface area contributed by atoms with Crippen LogP contribution in [0.25, 0.3) is 0 Å². The van der Waals surface area contributed by atoms with E-state index in [9.17, 15) is 9.59 Å². The summed E-state index contributed by atoms with van der Waals surface area (Å²) in [6.07, 6.45) is 5.77. The second-order valence-corrected chi connectivity index (χ2v) is 4.99. The highest BCUT2D eigenvalue weighted by Crippen LogP contribution is 2.32. The van der Waals surface area contributed by atoms with Crippen molar-refractivity contribution in [3.8, 4) is 0 Å². The van der Waals surface area contributed by atoms with Crippen molar-refractivity contribution in [2.24, 2.45) is 5.73 Å². The quantitative estimate of drug-likeness (QED) is 0.703. The summed E-state index contributed by atoms with van der Waals surface area (Å²) in [5, 5.41) is 3.08. The first-order chi connectivity index (χ1) is 8.14. The molecule has 0 aromatic rings. The molecule has 1 atom stereocenters. The summed E-state index contributed by atoms with van der Waals surface area (Å²) in [4.78, 5) is 23.5. The Kier molecular flexibility index (Phi) is 3.66. The van der Waals surface area contributed by atoms with Gasteiger partial charge in [0.25, 0.3) is 5.91 Å². The number of hydrogen-bond donors (Lipinski definition) is 2. The van der Waals surface area contributed by atoms with Crippen molar-refractivity contribution in [3.63, 3.8) is 0 Å². The predicted octanol–water partition coefficient (Wildman–Crippen LogP) is 0.470. The van der Waals surface area contributed by atoms with Gasteiger partial charge in [0.2, 0.25) is 0 Å². The lowest BCUT2D eigenvalue weighted by molar-refractivity contribution is -0.172. The van der Waals surface area contributed by atoms with E-state index in [1.165, 1.54) is 0 Å². The summed E-state index contributed by atoms with van der Waals surface area (Å²) in [5.74, 6) is -0.813. The molecule has 17 heavy (non-hydrogen) atoms. The minimum Gasteiger partial charge on any atom is -0.448 e. The minimum atomic E-state index is -1.04. The number of amides is 1. The molecule has 5 heteroatoms. The number of carbonyl (C=O) groups excluding carboxylic acids is 2. The van der Waals surface area contributed by atoms with E-state index < -0.39 is 11.5 Å². The third-order valence-electron chi connectivity index (χ3n) is 3.75. The highest BCUT2D eigenvalue weighted by molar-refractivity contribution is 5.87. The van der Waals surface area contributed by atoms with Crippen molar-refractivity contribution in [2.75, 3.05) is 6.54 Å². The average Bonchev–Trinajstić information content (AvgIpc) is 2.83. The van der Waals surface area contributed by atoms with Crippen molar-refractivity contribution < 1.29 is 14.3 Å². The maximum absolute atomic E-state index is 11.9. The van der Waals surface area contributed by atoms with Crippen molar-refractivity contribution >= 4 is 11.9 Å². The maximum atomic E-state index is 11.9. The van der Waals surface area contributed by atoms with Gasteiger partial charge in [-0.2, -0.15) is 0 Å². The lowest BCUT2D eigenvalue weighted by Crippen LogP contribution is -2.51. The topological polar surface area (TPSA) is 81.4 Å². The second kappa shape index (κ2) is 5.04. The first-order valence-electron chi connectivity index (χ1n) is 6.40. The lowest BCUT2D eigenvalue weighted by atomic mass is 9.84. The number of nitrogens with one attached hydrogen (secondary N) is 1. The molecule has 96 valence electrons. The van der Waals surface area contributed by atoms with Gasteiger partial charge in [-0.05, 0) is 45.1 Å². The molecule has 1 saturated carbocycles. The van der Waals surface area contributed by atoms with Gasteiger partial charge in [-0.1, -0.05) is 6.42 Å². The van der Waals surface area contributed by atoms with Gasteiger partial charge in [0.1, 0.15) is 6.04 Å². The van der Waals surface area contributed by atoms with Gasteiger partial charge in [0.15, 0.2) is 5.60 Å². The van der Waals surface area contributed by atoms with E-state index >= 15 is 0 Å². The zero-order chi connectivity index (χ0) is 12.3. The molecule has 0 radical (unpaired) electrons. The third-order valence-corrected chi connectivity index (χ3v) is 3.75. The average molecular weight is 240 g/mol. The monoisotopic (exact) mass is 240 g/mol. The molecule has 1 aliphatic heterocycles. The Balaban J connectivity index is 2.01. The second-order valence-electron chi connectivity index (χ2n) is 4.99. The van der Waals surface area contributed by atoms with E-state index in [1.54, 1.807) is 0 Å². The van der Waals surface area contributed by atoms with Crippen LogP contribution >= 0.6 is 0 Å². The molecule has 2 fully saturated rings. The van der Waals surface area contributed by atoms with Crippen LogP contribution in [-0.4, -0.2) is 30.1 Å². The lowest BCUT2D eigenvalue weighted by Gasteiger charge is -2.34. The molecule has 1 amide bonds. The molecule has 0 aromatic heterocycles. The van der Waals surface area contributed by atoms with Crippen molar-refractivity contribution in [1.82, 2.24) is 5.32 Å². The number of esters is 1. The molecule has 0 spiro atoms. The molecule has 1 aliphatic carbocycles. The van der Waals surface area contributed by atoms with Gasteiger partial charge in [0.05, 0.1) is 0 Å². The van der Waals surface area contributed by atoms with E-state index in [4.69, 9.17) is 10.5 Å². The van der Waals surface area contributed by atoms with Gasteiger partial charge in [0, 0.05) is 0 Å². The van der Waals surface area contributed by atoms with E-state index in [0.717, 1.165) is 38.6 Å². The summed E-state index contributed by atoms with van der Waals surface area (Å²) in [7, 11) is 0. The van der Waals surface area contributed by atoms with Crippen LogP contribution in [-0.2, 0) is 14.3 Å². The zero-order valence-electron chi connectivity index (χ0n) is 10.0. The Morgan fingerprint density at radius 2 is 1.88 bits per heavy atom. The van der Waals surface area contributed by atoms with Crippen LogP contribution in [0.1, 0.15) is 44.9 Å². The van der Waals surface area contributed by atoms with E-state index in [2.05, 4.69) is 5.32 Å².